The Bertz CT molecular complexity index is 737. The van der Waals surface area contributed by atoms with Crippen molar-refractivity contribution in [3.8, 4) is 0 Å². The second kappa shape index (κ2) is 7.79. The fraction of sp³-hybridized carbons (Fsp3) is 0.471. The van der Waals surface area contributed by atoms with Crippen LogP contribution in [0.3, 0.4) is 0 Å². The molecule has 2 amide bonds. The SMILES string of the molecule is CCN(CC)C(=O)CN1CCc2nc(NC(=O)c3ccoc3)sc2C1. The van der Waals surface area contributed by atoms with E-state index in [0.717, 1.165) is 36.6 Å². The number of nitrogens with zero attached hydrogens (tertiary/aromatic N) is 3. The fourth-order valence-corrected chi connectivity index (χ4v) is 3.91. The molecule has 0 saturated carbocycles. The van der Waals surface area contributed by atoms with Crippen LogP contribution in [0.4, 0.5) is 5.13 Å². The predicted octanol–water partition coefficient (Wildman–Crippen LogP) is 2.21. The Labute approximate surface area is 150 Å². The van der Waals surface area contributed by atoms with Gasteiger partial charge in [0.1, 0.15) is 6.26 Å². The maximum atomic E-state index is 12.3. The van der Waals surface area contributed by atoms with Crippen LogP contribution in [0.15, 0.2) is 23.0 Å². The Morgan fingerprint density at radius 2 is 2.20 bits per heavy atom. The van der Waals surface area contributed by atoms with Gasteiger partial charge < -0.3 is 9.32 Å². The smallest absolute Gasteiger partial charge is 0.260 e. The molecule has 0 atom stereocenters. The van der Waals surface area contributed by atoms with E-state index in [-0.39, 0.29) is 11.8 Å². The largest absolute Gasteiger partial charge is 0.472 e. The van der Waals surface area contributed by atoms with Crippen LogP contribution in [0.25, 0.3) is 0 Å². The van der Waals surface area contributed by atoms with Gasteiger partial charge in [-0.15, -0.1) is 11.3 Å². The summed E-state index contributed by atoms with van der Waals surface area (Å²) in [5, 5.41) is 3.40. The van der Waals surface area contributed by atoms with Gasteiger partial charge in [0.15, 0.2) is 5.13 Å². The van der Waals surface area contributed by atoms with Gasteiger partial charge in [0.05, 0.1) is 24.1 Å². The van der Waals surface area contributed by atoms with E-state index < -0.39 is 0 Å². The van der Waals surface area contributed by atoms with E-state index in [2.05, 4.69) is 15.2 Å². The third kappa shape index (κ3) is 4.08. The second-order valence-electron chi connectivity index (χ2n) is 5.88. The third-order valence-corrected chi connectivity index (χ3v) is 5.29. The molecule has 1 aliphatic heterocycles. The first kappa shape index (κ1) is 17.6. The lowest BCUT2D eigenvalue weighted by Crippen LogP contribution is -2.41. The lowest BCUT2D eigenvalue weighted by atomic mass is 10.2. The molecule has 1 aliphatic rings. The van der Waals surface area contributed by atoms with E-state index in [1.165, 1.54) is 23.9 Å². The van der Waals surface area contributed by atoms with E-state index in [0.29, 0.717) is 23.8 Å². The summed E-state index contributed by atoms with van der Waals surface area (Å²) >= 11 is 1.47. The van der Waals surface area contributed by atoms with Crippen LogP contribution in [0.2, 0.25) is 0 Å². The van der Waals surface area contributed by atoms with E-state index in [1.807, 2.05) is 18.7 Å². The summed E-state index contributed by atoms with van der Waals surface area (Å²) in [5.41, 5.74) is 1.48. The van der Waals surface area contributed by atoms with Crippen molar-refractivity contribution in [3.05, 3.63) is 34.7 Å². The highest BCUT2D eigenvalue weighted by atomic mass is 32.1. The van der Waals surface area contributed by atoms with Crippen LogP contribution in [-0.2, 0) is 17.8 Å². The summed E-state index contributed by atoms with van der Waals surface area (Å²) in [6, 6.07) is 1.61. The summed E-state index contributed by atoms with van der Waals surface area (Å²) in [6.45, 7) is 7.39. The maximum absolute atomic E-state index is 12.3. The standard InChI is InChI=1S/C17H22N4O3S/c1-3-21(4-2)15(22)10-20-7-5-13-14(9-20)25-17(18-13)19-16(23)12-6-8-24-11-12/h6,8,11H,3-5,7,9-10H2,1-2H3,(H,18,19,23). The van der Waals surface area contributed by atoms with Gasteiger partial charge in [0, 0.05) is 37.5 Å². The zero-order valence-corrected chi connectivity index (χ0v) is 15.3. The van der Waals surface area contributed by atoms with Crippen molar-refractivity contribution in [2.45, 2.75) is 26.8 Å². The third-order valence-electron chi connectivity index (χ3n) is 4.29. The summed E-state index contributed by atoms with van der Waals surface area (Å²) < 4.78 is 4.92. The number of furan rings is 1. The van der Waals surface area contributed by atoms with Gasteiger partial charge in [-0.25, -0.2) is 4.98 Å². The summed E-state index contributed by atoms with van der Waals surface area (Å²) in [5.74, 6) is -0.0696. The normalized spacial score (nSPS) is 14.2. The van der Waals surface area contributed by atoms with Crippen LogP contribution in [0.5, 0.6) is 0 Å². The predicted molar refractivity (Wildman–Crippen MR) is 95.7 cm³/mol. The molecule has 1 N–H and O–H groups in total. The molecule has 7 nitrogen and oxygen atoms in total. The molecule has 0 aromatic carbocycles. The van der Waals surface area contributed by atoms with Crippen molar-refractivity contribution in [3.63, 3.8) is 0 Å². The minimum Gasteiger partial charge on any atom is -0.472 e. The molecule has 3 heterocycles. The first-order valence-corrected chi connectivity index (χ1v) is 9.24. The maximum Gasteiger partial charge on any atom is 0.260 e. The number of fused-ring (bicyclic) bond motifs is 1. The molecule has 0 spiro atoms. The minimum atomic E-state index is -0.228. The molecule has 2 aromatic heterocycles. The lowest BCUT2D eigenvalue weighted by Gasteiger charge is -2.28. The topological polar surface area (TPSA) is 78.7 Å². The van der Waals surface area contributed by atoms with Gasteiger partial charge in [-0.1, -0.05) is 0 Å². The van der Waals surface area contributed by atoms with Crippen LogP contribution in [-0.4, -0.2) is 52.8 Å². The average Bonchev–Trinajstić information content (AvgIpc) is 3.24. The first-order chi connectivity index (χ1) is 12.1. The number of aromatic nitrogens is 1. The molecule has 0 saturated heterocycles. The molecule has 0 radical (unpaired) electrons. The molecule has 134 valence electrons. The molecule has 2 aromatic rings. The molecule has 0 unspecified atom stereocenters. The van der Waals surface area contributed by atoms with Crippen LogP contribution >= 0.6 is 11.3 Å². The Morgan fingerprint density at radius 3 is 2.88 bits per heavy atom. The Morgan fingerprint density at radius 1 is 1.40 bits per heavy atom. The van der Waals surface area contributed by atoms with Crippen molar-refractivity contribution >= 4 is 28.3 Å². The zero-order chi connectivity index (χ0) is 17.8. The number of carbonyl (C=O) groups is 2. The molecule has 3 rings (SSSR count). The summed E-state index contributed by atoms with van der Waals surface area (Å²) in [6.07, 6.45) is 3.66. The van der Waals surface area contributed by atoms with Crippen LogP contribution < -0.4 is 5.32 Å². The van der Waals surface area contributed by atoms with Gasteiger partial charge in [0.25, 0.3) is 5.91 Å². The number of nitrogens with one attached hydrogen (secondary N) is 1. The van der Waals surface area contributed by atoms with Gasteiger partial charge in [0.2, 0.25) is 5.91 Å². The first-order valence-electron chi connectivity index (χ1n) is 8.43. The molecule has 25 heavy (non-hydrogen) atoms. The van der Waals surface area contributed by atoms with E-state index in [9.17, 15) is 9.59 Å². The van der Waals surface area contributed by atoms with Crippen LogP contribution in [0, 0.1) is 0 Å². The van der Waals surface area contributed by atoms with Gasteiger partial charge in [-0.3, -0.25) is 19.8 Å². The van der Waals surface area contributed by atoms with Crippen molar-refractivity contribution in [2.24, 2.45) is 0 Å². The summed E-state index contributed by atoms with van der Waals surface area (Å²) in [7, 11) is 0. The highest BCUT2D eigenvalue weighted by Crippen LogP contribution is 2.28. The summed E-state index contributed by atoms with van der Waals surface area (Å²) in [4.78, 5) is 34.0. The number of likely N-dealkylation sites (N-methyl/N-ethyl adjacent to an activating group) is 1. The van der Waals surface area contributed by atoms with Crippen molar-refractivity contribution in [1.82, 2.24) is 14.8 Å². The van der Waals surface area contributed by atoms with Gasteiger partial charge in [-0.05, 0) is 19.9 Å². The molecule has 0 aliphatic carbocycles. The second-order valence-corrected chi connectivity index (χ2v) is 6.97. The fourth-order valence-electron chi connectivity index (χ4n) is 2.87. The minimum absolute atomic E-state index is 0.159. The van der Waals surface area contributed by atoms with Crippen molar-refractivity contribution in [1.29, 1.82) is 0 Å². The number of rotatable bonds is 6. The number of thiazole rings is 1. The Hall–Kier alpha value is -2.19. The Balaban J connectivity index is 1.61. The number of amides is 2. The van der Waals surface area contributed by atoms with Crippen molar-refractivity contribution < 1.29 is 14.0 Å². The highest BCUT2D eigenvalue weighted by Gasteiger charge is 2.24. The van der Waals surface area contributed by atoms with Gasteiger partial charge >= 0.3 is 0 Å². The number of carbonyl (C=O) groups excluding carboxylic acids is 2. The highest BCUT2D eigenvalue weighted by molar-refractivity contribution is 7.15. The lowest BCUT2D eigenvalue weighted by molar-refractivity contribution is -0.132. The average molecular weight is 362 g/mol. The molecular weight excluding hydrogens is 340 g/mol. The molecule has 8 heteroatoms. The Kier molecular flexibility index (Phi) is 5.50. The monoisotopic (exact) mass is 362 g/mol. The van der Waals surface area contributed by atoms with Crippen LogP contribution in [0.1, 0.15) is 34.8 Å². The molecular formula is C17H22N4O3S. The zero-order valence-electron chi connectivity index (χ0n) is 14.4. The van der Waals surface area contributed by atoms with E-state index in [1.54, 1.807) is 6.07 Å². The number of anilines is 1. The number of hydrogen-bond acceptors (Lipinski definition) is 6. The van der Waals surface area contributed by atoms with E-state index in [4.69, 9.17) is 4.42 Å². The van der Waals surface area contributed by atoms with Crippen molar-refractivity contribution in [2.75, 3.05) is 31.5 Å². The quantitative estimate of drug-likeness (QED) is 0.852. The number of hydrogen-bond donors (Lipinski definition) is 1. The van der Waals surface area contributed by atoms with E-state index >= 15 is 0 Å². The molecule has 0 fully saturated rings. The van der Waals surface area contributed by atoms with Gasteiger partial charge in [-0.2, -0.15) is 0 Å². The molecule has 0 bridgehead atoms.